The molecule has 2 aliphatic rings. The van der Waals surface area contributed by atoms with Gasteiger partial charge in [-0.2, -0.15) is 15.3 Å². The zero-order valence-electron chi connectivity index (χ0n) is 18.6. The summed E-state index contributed by atoms with van der Waals surface area (Å²) in [5, 5.41) is 16.3. The monoisotopic (exact) mass is 447 g/mol. The van der Waals surface area contributed by atoms with Gasteiger partial charge in [0.05, 0.1) is 49.9 Å². The predicted molar refractivity (Wildman–Crippen MR) is 122 cm³/mol. The van der Waals surface area contributed by atoms with Crippen molar-refractivity contribution in [3.63, 3.8) is 0 Å². The summed E-state index contributed by atoms with van der Waals surface area (Å²) in [6, 6.07) is 4.09. The number of nitrogens with zero attached hydrogens (tertiary/aromatic N) is 8. The molecule has 1 N–H and O–H groups in total. The fraction of sp³-hybridized carbons (Fsp3) is 0.409. The molecular weight excluding hydrogens is 422 g/mol. The highest BCUT2D eigenvalue weighted by atomic mass is 16.5. The number of aryl methyl sites for hydroxylation is 2. The molecule has 11 nitrogen and oxygen atoms in total. The highest BCUT2D eigenvalue weighted by Crippen LogP contribution is 2.38. The molecule has 4 aromatic rings. The van der Waals surface area contributed by atoms with Crippen LogP contribution in [0.25, 0.3) is 22.4 Å². The summed E-state index contributed by atoms with van der Waals surface area (Å²) in [7, 11) is 1.88. The average molecular weight is 448 g/mol. The van der Waals surface area contributed by atoms with Crippen molar-refractivity contribution in [3.05, 3.63) is 36.3 Å². The normalized spacial score (nSPS) is 18.8. The van der Waals surface area contributed by atoms with Crippen LogP contribution in [-0.2, 0) is 29.7 Å². The van der Waals surface area contributed by atoms with Gasteiger partial charge < -0.3 is 14.5 Å². The number of carbonyl (C=O) groups excluding carboxylic acids is 1. The van der Waals surface area contributed by atoms with E-state index >= 15 is 0 Å². The fourth-order valence-electron chi connectivity index (χ4n) is 4.68. The number of hydrogen-bond donors (Lipinski definition) is 1. The van der Waals surface area contributed by atoms with E-state index in [-0.39, 0.29) is 11.9 Å². The molecule has 6 heterocycles. The molecule has 0 unspecified atom stereocenters. The lowest BCUT2D eigenvalue weighted by Gasteiger charge is -2.35. The van der Waals surface area contributed by atoms with Gasteiger partial charge in [0.2, 0.25) is 5.91 Å². The predicted octanol–water partition coefficient (Wildman–Crippen LogP) is 1.72. The molecular formula is C22H25N9O2. The number of H-pyrrole nitrogens is 1. The van der Waals surface area contributed by atoms with Crippen molar-refractivity contribution < 1.29 is 9.53 Å². The molecule has 2 aliphatic heterocycles. The molecule has 33 heavy (non-hydrogen) atoms. The van der Waals surface area contributed by atoms with E-state index in [0.29, 0.717) is 32.7 Å². The van der Waals surface area contributed by atoms with E-state index in [1.54, 1.807) is 17.1 Å². The van der Waals surface area contributed by atoms with Crippen molar-refractivity contribution >= 4 is 28.4 Å². The third-order valence-electron chi connectivity index (χ3n) is 6.31. The van der Waals surface area contributed by atoms with Crippen LogP contribution < -0.4 is 9.80 Å². The van der Waals surface area contributed by atoms with Crippen LogP contribution in [-0.4, -0.2) is 66.4 Å². The number of carbonyl (C=O) groups is 1. The molecule has 170 valence electrons. The highest BCUT2D eigenvalue weighted by Gasteiger charge is 2.31. The molecule has 6 rings (SSSR count). The van der Waals surface area contributed by atoms with Gasteiger partial charge >= 0.3 is 0 Å². The van der Waals surface area contributed by atoms with E-state index in [9.17, 15) is 4.79 Å². The van der Waals surface area contributed by atoms with Crippen LogP contribution >= 0.6 is 0 Å². The maximum Gasteiger partial charge on any atom is 0.229 e. The van der Waals surface area contributed by atoms with Gasteiger partial charge in [-0.3, -0.25) is 19.3 Å². The lowest BCUT2D eigenvalue weighted by molar-refractivity contribution is -0.118. The maximum absolute atomic E-state index is 13.3. The van der Waals surface area contributed by atoms with Gasteiger partial charge in [-0.15, -0.1) is 0 Å². The Morgan fingerprint density at radius 2 is 2.21 bits per heavy atom. The number of pyridine rings is 1. The van der Waals surface area contributed by atoms with E-state index in [0.717, 1.165) is 46.0 Å². The van der Waals surface area contributed by atoms with Crippen molar-refractivity contribution in [1.29, 1.82) is 0 Å². The van der Waals surface area contributed by atoms with Crippen LogP contribution in [0.15, 0.2) is 30.7 Å². The summed E-state index contributed by atoms with van der Waals surface area (Å²) in [5.74, 6) is 0.875. The van der Waals surface area contributed by atoms with Crippen LogP contribution in [0.2, 0.25) is 0 Å². The number of anilines is 2. The summed E-state index contributed by atoms with van der Waals surface area (Å²) in [5.41, 5.74) is 4.95. The summed E-state index contributed by atoms with van der Waals surface area (Å²) in [6.45, 7) is 5.08. The van der Waals surface area contributed by atoms with Crippen molar-refractivity contribution in [2.45, 2.75) is 32.5 Å². The Morgan fingerprint density at radius 1 is 1.30 bits per heavy atom. The number of amides is 1. The molecule has 0 saturated carbocycles. The van der Waals surface area contributed by atoms with Crippen LogP contribution in [0.4, 0.5) is 11.5 Å². The minimum atomic E-state index is 0.0564. The van der Waals surface area contributed by atoms with E-state index < -0.39 is 0 Å². The smallest absolute Gasteiger partial charge is 0.229 e. The zero-order chi connectivity index (χ0) is 22.5. The van der Waals surface area contributed by atoms with Gasteiger partial charge in [0.1, 0.15) is 22.5 Å². The van der Waals surface area contributed by atoms with Crippen molar-refractivity contribution in [3.8, 4) is 11.4 Å². The molecule has 1 fully saturated rings. The average Bonchev–Trinajstić information content (AvgIpc) is 3.54. The molecule has 4 aromatic heterocycles. The number of ether oxygens (including phenoxy) is 1. The minimum absolute atomic E-state index is 0.0564. The number of morpholine rings is 1. The first-order chi connectivity index (χ1) is 16.1. The number of nitrogens with one attached hydrogen (secondary N) is 1. The number of rotatable bonds is 4. The number of hydrogen-bond acceptors (Lipinski definition) is 7. The first-order valence-electron chi connectivity index (χ1n) is 11.1. The van der Waals surface area contributed by atoms with Crippen molar-refractivity contribution in [1.82, 2.24) is 34.7 Å². The summed E-state index contributed by atoms with van der Waals surface area (Å²) in [4.78, 5) is 22.4. The van der Waals surface area contributed by atoms with E-state index in [1.807, 2.05) is 35.0 Å². The van der Waals surface area contributed by atoms with Gasteiger partial charge in [0.15, 0.2) is 0 Å². The Labute approximate surface area is 189 Å². The minimum Gasteiger partial charge on any atom is -0.377 e. The Morgan fingerprint density at radius 3 is 2.97 bits per heavy atom. The SMILES string of the molecule is C[C@@H]1COCCN1c1cc2c3c(n1)c(-c1ccn[nH]1)nn3CCC(=O)N2Cc1cnn(C)c1. The summed E-state index contributed by atoms with van der Waals surface area (Å²) in [6.07, 6.45) is 5.81. The Bertz CT molecular complexity index is 1320. The lowest BCUT2D eigenvalue weighted by Crippen LogP contribution is -2.44. The second-order valence-electron chi connectivity index (χ2n) is 8.61. The molecule has 11 heteroatoms. The first-order valence-corrected chi connectivity index (χ1v) is 11.1. The number of aromatic amines is 1. The fourth-order valence-corrected chi connectivity index (χ4v) is 4.68. The summed E-state index contributed by atoms with van der Waals surface area (Å²) >= 11 is 0. The molecule has 1 atom stereocenters. The van der Waals surface area contributed by atoms with Gasteiger partial charge in [0, 0.05) is 44.0 Å². The van der Waals surface area contributed by atoms with Crippen LogP contribution in [0.3, 0.4) is 0 Å². The molecule has 0 spiro atoms. The molecule has 0 aliphatic carbocycles. The molecule has 1 amide bonds. The summed E-state index contributed by atoms with van der Waals surface area (Å²) < 4.78 is 9.30. The second kappa shape index (κ2) is 7.69. The molecule has 0 bridgehead atoms. The third kappa shape index (κ3) is 3.35. The maximum atomic E-state index is 13.3. The molecule has 1 saturated heterocycles. The van der Waals surface area contributed by atoms with Crippen LogP contribution in [0.1, 0.15) is 18.9 Å². The third-order valence-corrected chi connectivity index (χ3v) is 6.31. The van der Waals surface area contributed by atoms with Crippen LogP contribution in [0.5, 0.6) is 0 Å². The molecule has 0 radical (unpaired) electrons. The number of aromatic nitrogens is 7. The largest absolute Gasteiger partial charge is 0.377 e. The zero-order valence-corrected chi connectivity index (χ0v) is 18.6. The van der Waals surface area contributed by atoms with Crippen molar-refractivity contribution in [2.24, 2.45) is 7.05 Å². The van der Waals surface area contributed by atoms with E-state index in [2.05, 4.69) is 27.1 Å². The Balaban J connectivity index is 1.57. The standard InChI is InChI=1S/C22H25N9O2/c1-14-13-33-8-7-29(14)18-9-17-22-21(25-18)20(16-3-5-23-26-16)27-31(22)6-4-19(32)30(17)12-15-10-24-28(2)11-15/h3,5,9-11,14H,4,6-8,12-13H2,1-2H3,(H,23,26)/t14-/m1/s1. The quantitative estimate of drug-likeness (QED) is 0.507. The van der Waals surface area contributed by atoms with Crippen molar-refractivity contribution in [2.75, 3.05) is 29.6 Å². The van der Waals surface area contributed by atoms with Crippen LogP contribution in [0, 0.1) is 0 Å². The molecule has 0 aromatic carbocycles. The Kier molecular flexibility index (Phi) is 4.64. The van der Waals surface area contributed by atoms with Gasteiger partial charge in [0.25, 0.3) is 0 Å². The topological polar surface area (TPSA) is 110 Å². The van der Waals surface area contributed by atoms with Gasteiger partial charge in [-0.1, -0.05) is 0 Å². The van der Waals surface area contributed by atoms with E-state index in [4.69, 9.17) is 14.8 Å². The van der Waals surface area contributed by atoms with Gasteiger partial charge in [-0.05, 0) is 13.0 Å². The Hall–Kier alpha value is -3.73. The lowest BCUT2D eigenvalue weighted by atomic mass is 10.1. The highest BCUT2D eigenvalue weighted by molar-refractivity contribution is 6.06. The second-order valence-corrected chi connectivity index (χ2v) is 8.61. The van der Waals surface area contributed by atoms with Gasteiger partial charge in [-0.25, -0.2) is 4.98 Å². The van der Waals surface area contributed by atoms with E-state index in [1.165, 1.54) is 0 Å². The first kappa shape index (κ1) is 19.9.